The molecular formula is C10H28Si2. The summed E-state index contributed by atoms with van der Waals surface area (Å²) in [7, 11) is -1.26. The molecule has 0 unspecified atom stereocenters. The molecule has 0 atom stereocenters. The van der Waals surface area contributed by atoms with Gasteiger partial charge in [0.1, 0.15) is 0 Å². The summed E-state index contributed by atoms with van der Waals surface area (Å²) in [5.74, 6) is 0. The van der Waals surface area contributed by atoms with E-state index in [0.29, 0.717) is 0 Å². The Morgan fingerprint density at radius 1 is 0.583 bits per heavy atom. The Kier molecular flexibility index (Phi) is 7.43. The van der Waals surface area contributed by atoms with E-state index in [9.17, 15) is 0 Å². The molecule has 0 aliphatic heterocycles. The molecule has 0 spiro atoms. The van der Waals surface area contributed by atoms with Gasteiger partial charge in [0.05, 0.1) is 0 Å². The average Bonchev–Trinajstić information content (AvgIpc) is 1.86. The highest BCUT2D eigenvalue weighted by atomic mass is 28.3. The molecule has 0 N–H and O–H groups in total. The van der Waals surface area contributed by atoms with Crippen molar-refractivity contribution in [3.63, 3.8) is 0 Å². The first-order valence-corrected chi connectivity index (χ1v) is 12.5. The first kappa shape index (κ1) is 14.9. The van der Waals surface area contributed by atoms with Gasteiger partial charge in [-0.05, 0) is 0 Å². The third kappa shape index (κ3) is 22.4. The Balaban J connectivity index is 0. The zero-order valence-electron chi connectivity index (χ0n) is 10.4. The monoisotopic (exact) mass is 204 g/mol. The topological polar surface area (TPSA) is 0 Å². The normalized spacial score (nSPS) is 12.0. The maximum absolute atomic E-state index is 2.38. The van der Waals surface area contributed by atoms with E-state index in [2.05, 4.69) is 53.1 Å². The molecule has 0 nitrogen and oxygen atoms in total. The summed E-state index contributed by atoms with van der Waals surface area (Å²) in [6.07, 6.45) is 0. The van der Waals surface area contributed by atoms with Gasteiger partial charge in [0, 0.05) is 16.1 Å². The van der Waals surface area contributed by atoms with Gasteiger partial charge in [0.15, 0.2) is 0 Å². The summed E-state index contributed by atoms with van der Waals surface area (Å²) in [5, 5.41) is 0. The van der Waals surface area contributed by atoms with Crippen LogP contribution in [0.3, 0.4) is 0 Å². The first-order valence-electron chi connectivity index (χ1n) is 5.12. The van der Waals surface area contributed by atoms with Crippen molar-refractivity contribution in [1.29, 1.82) is 0 Å². The molecule has 0 aromatic carbocycles. The molecule has 0 aromatic heterocycles. The predicted octanol–water partition coefficient (Wildman–Crippen LogP) is 4.69. The maximum atomic E-state index is 2.38. The molecule has 12 heavy (non-hydrogen) atoms. The number of hydrogen-bond donors (Lipinski definition) is 0. The Labute approximate surface area is 81.8 Å². The van der Waals surface area contributed by atoms with Crippen LogP contribution in [0.2, 0.25) is 51.4 Å². The lowest BCUT2D eigenvalue weighted by Gasteiger charge is -2.09. The van der Waals surface area contributed by atoms with Gasteiger partial charge in [-0.2, -0.15) is 0 Å². The molecule has 0 radical (unpaired) electrons. The van der Waals surface area contributed by atoms with Crippen LogP contribution in [-0.4, -0.2) is 16.1 Å². The molecule has 0 aliphatic rings. The summed E-state index contributed by atoms with van der Waals surface area (Å²) in [6, 6.07) is 2.82. The van der Waals surface area contributed by atoms with E-state index >= 15 is 0 Å². The van der Waals surface area contributed by atoms with E-state index in [1.54, 1.807) is 0 Å². The highest BCUT2D eigenvalue weighted by molar-refractivity contribution is 6.76. The SMILES string of the molecule is CC[Si](C)(C)C.CC[Si](C)(C)C. The lowest BCUT2D eigenvalue weighted by atomic mass is 11.0. The van der Waals surface area contributed by atoms with Crippen LogP contribution < -0.4 is 0 Å². The van der Waals surface area contributed by atoms with Crippen molar-refractivity contribution in [2.24, 2.45) is 0 Å². The minimum atomic E-state index is -0.631. The Morgan fingerprint density at radius 2 is 0.667 bits per heavy atom. The van der Waals surface area contributed by atoms with Crippen molar-refractivity contribution in [2.75, 3.05) is 0 Å². The van der Waals surface area contributed by atoms with E-state index in [1.165, 1.54) is 12.1 Å². The fourth-order valence-electron chi connectivity index (χ4n) is 0. The average molecular weight is 205 g/mol. The molecule has 0 saturated heterocycles. The van der Waals surface area contributed by atoms with Crippen LogP contribution in [0.25, 0.3) is 0 Å². The van der Waals surface area contributed by atoms with Crippen LogP contribution in [0.1, 0.15) is 13.8 Å². The lowest BCUT2D eigenvalue weighted by molar-refractivity contribution is 1.36. The standard InChI is InChI=1S/2C5H14Si/c2*1-5-6(2,3)4/h2*5H2,1-4H3. The quantitative estimate of drug-likeness (QED) is 0.573. The minimum absolute atomic E-state index is 0.631. The number of hydrogen-bond acceptors (Lipinski definition) is 0. The van der Waals surface area contributed by atoms with E-state index in [-0.39, 0.29) is 0 Å². The zero-order valence-corrected chi connectivity index (χ0v) is 12.4. The molecule has 0 saturated carbocycles. The van der Waals surface area contributed by atoms with E-state index < -0.39 is 16.1 Å². The Bertz CT molecular complexity index is 81.4. The zero-order chi connectivity index (χ0) is 10.4. The Hall–Kier alpha value is 0.434. The van der Waals surface area contributed by atoms with Gasteiger partial charge in [0.25, 0.3) is 0 Å². The van der Waals surface area contributed by atoms with E-state index in [1.807, 2.05) is 0 Å². The summed E-state index contributed by atoms with van der Waals surface area (Å²) < 4.78 is 0. The molecular weight excluding hydrogens is 176 g/mol. The van der Waals surface area contributed by atoms with E-state index in [0.717, 1.165) is 0 Å². The molecule has 0 rings (SSSR count). The largest absolute Gasteiger partial charge is 0.0696 e. The fourth-order valence-corrected chi connectivity index (χ4v) is 0. The van der Waals surface area contributed by atoms with Gasteiger partial charge in [-0.3, -0.25) is 0 Å². The second kappa shape index (κ2) is 5.97. The maximum Gasteiger partial charge on any atom is 0.0439 e. The van der Waals surface area contributed by atoms with Crippen LogP contribution in [0.15, 0.2) is 0 Å². The van der Waals surface area contributed by atoms with Crippen molar-refractivity contribution in [3.8, 4) is 0 Å². The van der Waals surface area contributed by atoms with Crippen LogP contribution in [-0.2, 0) is 0 Å². The fraction of sp³-hybridized carbons (Fsp3) is 1.00. The summed E-state index contributed by atoms with van der Waals surface area (Å²) in [6.45, 7) is 18.8. The van der Waals surface area contributed by atoms with Gasteiger partial charge in [0.2, 0.25) is 0 Å². The first-order chi connectivity index (χ1) is 5.12. The van der Waals surface area contributed by atoms with Gasteiger partial charge < -0.3 is 0 Å². The second-order valence-electron chi connectivity index (χ2n) is 5.83. The van der Waals surface area contributed by atoms with Crippen molar-refractivity contribution in [2.45, 2.75) is 65.2 Å². The van der Waals surface area contributed by atoms with Crippen molar-refractivity contribution < 1.29 is 0 Å². The summed E-state index contributed by atoms with van der Waals surface area (Å²) in [4.78, 5) is 0. The van der Waals surface area contributed by atoms with Crippen LogP contribution >= 0.6 is 0 Å². The molecule has 0 bridgehead atoms. The van der Waals surface area contributed by atoms with Crippen LogP contribution in [0.5, 0.6) is 0 Å². The molecule has 0 aliphatic carbocycles. The third-order valence-corrected chi connectivity index (χ3v) is 6.36. The Morgan fingerprint density at radius 3 is 0.667 bits per heavy atom. The highest BCUT2D eigenvalue weighted by Gasteiger charge is 2.07. The second-order valence-corrected chi connectivity index (χ2v) is 17.5. The van der Waals surface area contributed by atoms with Gasteiger partial charge >= 0.3 is 0 Å². The van der Waals surface area contributed by atoms with Gasteiger partial charge in [-0.15, -0.1) is 0 Å². The molecule has 2 heteroatoms. The van der Waals surface area contributed by atoms with Crippen molar-refractivity contribution in [1.82, 2.24) is 0 Å². The van der Waals surface area contributed by atoms with Crippen LogP contribution in [0.4, 0.5) is 0 Å². The molecule has 76 valence electrons. The molecule has 0 aromatic rings. The molecule has 0 amide bonds. The van der Waals surface area contributed by atoms with Gasteiger partial charge in [-0.25, -0.2) is 0 Å². The highest BCUT2D eigenvalue weighted by Crippen LogP contribution is 2.05. The molecule has 0 heterocycles. The minimum Gasteiger partial charge on any atom is -0.0696 e. The van der Waals surface area contributed by atoms with Crippen LogP contribution in [0, 0.1) is 0 Å². The van der Waals surface area contributed by atoms with Gasteiger partial charge in [-0.1, -0.05) is 65.2 Å². The summed E-state index contributed by atoms with van der Waals surface area (Å²) in [5.41, 5.74) is 0. The number of rotatable bonds is 2. The summed E-state index contributed by atoms with van der Waals surface area (Å²) >= 11 is 0. The molecule has 0 fully saturated rings. The lowest BCUT2D eigenvalue weighted by Crippen LogP contribution is -2.16. The van der Waals surface area contributed by atoms with Crippen molar-refractivity contribution >= 4 is 16.1 Å². The van der Waals surface area contributed by atoms with E-state index in [4.69, 9.17) is 0 Å². The van der Waals surface area contributed by atoms with Crippen molar-refractivity contribution in [3.05, 3.63) is 0 Å². The smallest absolute Gasteiger partial charge is 0.0439 e. The third-order valence-electron chi connectivity index (χ3n) is 2.12. The predicted molar refractivity (Wildman–Crippen MR) is 67.7 cm³/mol.